The number of ether oxygens (including phenoxy) is 1. The topological polar surface area (TPSA) is 24.5 Å². The zero-order chi connectivity index (χ0) is 15.1. The Morgan fingerprint density at radius 3 is 2.57 bits per heavy atom. The molecule has 110 valence electrons. The molecule has 0 aromatic heterocycles. The second-order valence-corrected chi connectivity index (χ2v) is 5.05. The maximum Gasteiger partial charge on any atom is 0.173 e. The van der Waals surface area contributed by atoms with Crippen molar-refractivity contribution in [3.63, 3.8) is 0 Å². The quantitative estimate of drug-likeness (QED) is 0.846. The van der Waals surface area contributed by atoms with E-state index >= 15 is 0 Å². The van der Waals surface area contributed by atoms with Gasteiger partial charge in [-0.05, 0) is 36.8 Å². The van der Waals surface area contributed by atoms with Crippen LogP contribution in [0.15, 0.2) is 54.6 Å². The molecule has 0 bridgehead atoms. The van der Waals surface area contributed by atoms with E-state index in [1.54, 1.807) is 7.11 Å². The standard InChI is InChI=1S/C17H20N2OS/c1-3-19(13-14-8-5-4-6-9-14)17(21)18-15-10-7-11-16(12-15)20-2/h4-12H,3,13H2,1-2H3,(H,18,21). The number of rotatable bonds is 5. The van der Waals surface area contributed by atoms with Gasteiger partial charge in [-0.25, -0.2) is 0 Å². The molecule has 0 atom stereocenters. The van der Waals surface area contributed by atoms with E-state index < -0.39 is 0 Å². The minimum atomic E-state index is 0.717. The van der Waals surface area contributed by atoms with Crippen LogP contribution in [0.5, 0.6) is 5.75 Å². The number of hydrogen-bond acceptors (Lipinski definition) is 2. The van der Waals surface area contributed by atoms with E-state index in [4.69, 9.17) is 17.0 Å². The monoisotopic (exact) mass is 300 g/mol. The molecule has 21 heavy (non-hydrogen) atoms. The van der Waals surface area contributed by atoms with Crippen molar-refractivity contribution in [2.45, 2.75) is 13.5 Å². The molecule has 0 spiro atoms. The Morgan fingerprint density at radius 1 is 1.14 bits per heavy atom. The van der Waals surface area contributed by atoms with Gasteiger partial charge in [-0.1, -0.05) is 36.4 Å². The zero-order valence-electron chi connectivity index (χ0n) is 12.4. The van der Waals surface area contributed by atoms with E-state index in [0.29, 0.717) is 0 Å². The molecule has 4 heteroatoms. The molecule has 0 radical (unpaired) electrons. The van der Waals surface area contributed by atoms with Crippen LogP contribution < -0.4 is 10.1 Å². The van der Waals surface area contributed by atoms with Crippen molar-refractivity contribution in [2.75, 3.05) is 19.0 Å². The lowest BCUT2D eigenvalue weighted by Crippen LogP contribution is -2.34. The van der Waals surface area contributed by atoms with Gasteiger partial charge < -0.3 is 15.0 Å². The fraction of sp³-hybridized carbons (Fsp3) is 0.235. The molecule has 2 rings (SSSR count). The van der Waals surface area contributed by atoms with E-state index in [9.17, 15) is 0 Å². The van der Waals surface area contributed by atoms with E-state index in [2.05, 4.69) is 29.3 Å². The normalized spacial score (nSPS) is 10.0. The number of nitrogens with one attached hydrogen (secondary N) is 1. The van der Waals surface area contributed by atoms with Crippen LogP contribution in [-0.2, 0) is 6.54 Å². The van der Waals surface area contributed by atoms with E-state index in [1.807, 2.05) is 42.5 Å². The lowest BCUT2D eigenvalue weighted by atomic mass is 10.2. The predicted octanol–water partition coefficient (Wildman–Crippen LogP) is 3.91. The molecule has 0 aliphatic rings. The van der Waals surface area contributed by atoms with Crippen molar-refractivity contribution in [1.82, 2.24) is 4.90 Å². The van der Waals surface area contributed by atoms with Gasteiger partial charge in [0, 0.05) is 24.8 Å². The van der Waals surface area contributed by atoms with Crippen molar-refractivity contribution in [1.29, 1.82) is 0 Å². The zero-order valence-corrected chi connectivity index (χ0v) is 13.2. The summed E-state index contributed by atoms with van der Waals surface area (Å²) in [6.07, 6.45) is 0. The van der Waals surface area contributed by atoms with Crippen LogP contribution in [0.3, 0.4) is 0 Å². The van der Waals surface area contributed by atoms with Crippen LogP contribution in [0, 0.1) is 0 Å². The summed E-state index contributed by atoms with van der Waals surface area (Å²) in [7, 11) is 1.66. The highest BCUT2D eigenvalue weighted by Gasteiger charge is 2.08. The third-order valence-corrected chi connectivity index (χ3v) is 3.57. The Hall–Kier alpha value is -2.07. The molecule has 0 aliphatic carbocycles. The van der Waals surface area contributed by atoms with Gasteiger partial charge in [0.05, 0.1) is 7.11 Å². The van der Waals surface area contributed by atoms with Crippen LogP contribution in [0.1, 0.15) is 12.5 Å². The molecule has 0 amide bonds. The molecule has 0 aliphatic heterocycles. The summed E-state index contributed by atoms with van der Waals surface area (Å²) in [6.45, 7) is 3.75. The van der Waals surface area contributed by atoms with Gasteiger partial charge in [0.2, 0.25) is 0 Å². The van der Waals surface area contributed by atoms with Crippen LogP contribution in [0.25, 0.3) is 0 Å². The van der Waals surface area contributed by atoms with Crippen LogP contribution in [-0.4, -0.2) is 23.7 Å². The highest BCUT2D eigenvalue weighted by atomic mass is 32.1. The summed E-state index contributed by atoms with van der Waals surface area (Å²) in [4.78, 5) is 2.13. The Labute approximate surface area is 131 Å². The average molecular weight is 300 g/mol. The van der Waals surface area contributed by atoms with E-state index in [1.165, 1.54) is 5.56 Å². The van der Waals surface area contributed by atoms with Gasteiger partial charge in [0.1, 0.15) is 5.75 Å². The highest BCUT2D eigenvalue weighted by molar-refractivity contribution is 7.80. The lowest BCUT2D eigenvalue weighted by molar-refractivity contribution is 0.415. The average Bonchev–Trinajstić information content (AvgIpc) is 2.53. The third-order valence-electron chi connectivity index (χ3n) is 3.21. The molecule has 0 unspecified atom stereocenters. The Kier molecular flexibility index (Phi) is 5.58. The maximum atomic E-state index is 5.51. The summed E-state index contributed by atoms with van der Waals surface area (Å²) in [5.41, 5.74) is 2.18. The number of nitrogens with zero attached hydrogens (tertiary/aromatic N) is 1. The summed E-state index contributed by atoms with van der Waals surface area (Å²) in [5, 5.41) is 3.98. The number of methoxy groups -OCH3 is 1. The Bertz CT molecular complexity index is 586. The van der Waals surface area contributed by atoms with Crippen molar-refractivity contribution in [3.05, 3.63) is 60.2 Å². The Morgan fingerprint density at radius 2 is 1.90 bits per heavy atom. The molecular formula is C17H20N2OS. The van der Waals surface area contributed by atoms with Crippen molar-refractivity contribution < 1.29 is 4.74 Å². The van der Waals surface area contributed by atoms with Crippen LogP contribution in [0.4, 0.5) is 5.69 Å². The molecular weight excluding hydrogens is 280 g/mol. The number of benzene rings is 2. The summed E-state index contributed by atoms with van der Waals surface area (Å²) >= 11 is 5.51. The van der Waals surface area contributed by atoms with Crippen molar-refractivity contribution >= 4 is 23.0 Å². The minimum Gasteiger partial charge on any atom is -0.497 e. The number of anilines is 1. The van der Waals surface area contributed by atoms with Gasteiger partial charge in [0.25, 0.3) is 0 Å². The molecule has 0 saturated heterocycles. The van der Waals surface area contributed by atoms with E-state index in [-0.39, 0.29) is 0 Å². The lowest BCUT2D eigenvalue weighted by Gasteiger charge is -2.24. The molecule has 0 fully saturated rings. The fourth-order valence-corrected chi connectivity index (χ4v) is 2.35. The van der Waals surface area contributed by atoms with Gasteiger partial charge in [-0.3, -0.25) is 0 Å². The first-order valence-corrected chi connectivity index (χ1v) is 7.37. The summed E-state index contributed by atoms with van der Waals surface area (Å²) < 4.78 is 5.22. The number of hydrogen-bond donors (Lipinski definition) is 1. The molecule has 3 nitrogen and oxygen atoms in total. The van der Waals surface area contributed by atoms with Gasteiger partial charge in [-0.15, -0.1) is 0 Å². The molecule has 2 aromatic carbocycles. The fourth-order valence-electron chi connectivity index (χ4n) is 2.03. The second-order valence-electron chi connectivity index (χ2n) is 4.66. The first kappa shape index (κ1) is 15.3. The Balaban J connectivity index is 2.02. The predicted molar refractivity (Wildman–Crippen MR) is 91.7 cm³/mol. The molecule has 1 N–H and O–H groups in total. The van der Waals surface area contributed by atoms with Crippen molar-refractivity contribution in [3.8, 4) is 5.75 Å². The van der Waals surface area contributed by atoms with Gasteiger partial charge in [0.15, 0.2) is 5.11 Å². The maximum absolute atomic E-state index is 5.51. The smallest absolute Gasteiger partial charge is 0.173 e. The van der Waals surface area contributed by atoms with Gasteiger partial charge in [-0.2, -0.15) is 0 Å². The minimum absolute atomic E-state index is 0.717. The van der Waals surface area contributed by atoms with Crippen LogP contribution >= 0.6 is 12.2 Å². The van der Waals surface area contributed by atoms with E-state index in [0.717, 1.165) is 29.6 Å². The molecule has 2 aromatic rings. The van der Waals surface area contributed by atoms with Crippen LogP contribution in [0.2, 0.25) is 0 Å². The largest absolute Gasteiger partial charge is 0.497 e. The number of thiocarbonyl (C=S) groups is 1. The molecule has 0 saturated carbocycles. The van der Waals surface area contributed by atoms with Gasteiger partial charge >= 0.3 is 0 Å². The first-order chi connectivity index (χ1) is 10.2. The summed E-state index contributed by atoms with van der Waals surface area (Å²) in [6, 6.07) is 18.1. The summed E-state index contributed by atoms with van der Waals surface area (Å²) in [5.74, 6) is 0.814. The first-order valence-electron chi connectivity index (χ1n) is 6.97. The second kappa shape index (κ2) is 7.64. The van der Waals surface area contributed by atoms with Crippen molar-refractivity contribution in [2.24, 2.45) is 0 Å². The molecule has 0 heterocycles. The third kappa shape index (κ3) is 4.46. The SMILES string of the molecule is CCN(Cc1ccccc1)C(=S)Nc1cccc(OC)c1. The highest BCUT2D eigenvalue weighted by Crippen LogP contribution is 2.17.